The van der Waals surface area contributed by atoms with Crippen molar-refractivity contribution in [3.05, 3.63) is 20.8 Å². The zero-order valence-corrected chi connectivity index (χ0v) is 12.4. The molecule has 0 aliphatic rings. The number of halogens is 2. The molecule has 5 heteroatoms. The molecule has 0 fully saturated rings. The van der Waals surface area contributed by atoms with E-state index in [0.29, 0.717) is 0 Å². The van der Waals surface area contributed by atoms with E-state index in [1.807, 2.05) is 19.1 Å². The number of nitrogens with one attached hydrogen (secondary N) is 1. The topological polar surface area (TPSA) is 29.1 Å². The summed E-state index contributed by atoms with van der Waals surface area (Å²) < 4.78 is 0.987. The van der Waals surface area contributed by atoms with Crippen molar-refractivity contribution in [1.29, 1.82) is 0 Å². The van der Waals surface area contributed by atoms with Gasteiger partial charge >= 0.3 is 0 Å². The monoisotopic (exact) mass is 353 g/mol. The molecule has 1 atom stereocenters. The zero-order chi connectivity index (χ0) is 11.3. The highest BCUT2D eigenvalue weighted by atomic mass is 79.9. The summed E-state index contributed by atoms with van der Waals surface area (Å²) in [6.45, 7) is 2.03. The lowest BCUT2D eigenvalue weighted by Crippen LogP contribution is -2.31. The zero-order valence-electron chi connectivity index (χ0n) is 8.43. The Hall–Kier alpha value is 0.130. The molecular weight excluding hydrogens is 342 g/mol. The molecule has 1 aromatic heterocycles. The first-order valence-corrected chi connectivity index (χ1v) is 7.48. The minimum absolute atomic E-state index is 0.0211. The number of carbonyl (C=O) groups is 1. The molecule has 0 aromatic carbocycles. The first-order chi connectivity index (χ1) is 7.13. The summed E-state index contributed by atoms with van der Waals surface area (Å²) in [5.74, 6) is 0.0211. The fourth-order valence-corrected chi connectivity index (χ4v) is 2.80. The highest BCUT2D eigenvalue weighted by Crippen LogP contribution is 2.21. The maximum atomic E-state index is 11.7. The Labute approximate surface area is 111 Å². The summed E-state index contributed by atoms with van der Waals surface area (Å²) in [6, 6.07) is 3.96. The van der Waals surface area contributed by atoms with Crippen molar-refractivity contribution in [2.45, 2.75) is 25.8 Å². The smallest absolute Gasteiger partial charge is 0.261 e. The molecule has 0 aliphatic heterocycles. The number of carbonyl (C=O) groups excluding carboxylic acids is 1. The molecule has 1 N–H and O–H groups in total. The average Bonchev–Trinajstić information content (AvgIpc) is 2.61. The lowest BCUT2D eigenvalue weighted by Gasteiger charge is -2.11. The van der Waals surface area contributed by atoms with Crippen LogP contribution in [0.4, 0.5) is 0 Å². The van der Waals surface area contributed by atoms with Crippen LogP contribution in [-0.2, 0) is 0 Å². The molecule has 0 aliphatic carbocycles. The molecule has 1 amide bonds. The molecule has 0 radical (unpaired) electrons. The van der Waals surface area contributed by atoms with Gasteiger partial charge in [0.05, 0.1) is 8.66 Å². The molecule has 0 saturated heterocycles. The molecule has 1 unspecified atom stereocenters. The fraction of sp³-hybridized carbons (Fsp3) is 0.500. The van der Waals surface area contributed by atoms with Crippen molar-refractivity contribution in [2.24, 2.45) is 0 Å². The van der Waals surface area contributed by atoms with Gasteiger partial charge in [-0.15, -0.1) is 11.3 Å². The Morgan fingerprint density at radius 2 is 2.33 bits per heavy atom. The minimum Gasteiger partial charge on any atom is -0.349 e. The van der Waals surface area contributed by atoms with Crippen molar-refractivity contribution in [1.82, 2.24) is 5.32 Å². The Balaban J connectivity index is 2.42. The first-order valence-electron chi connectivity index (χ1n) is 4.75. The number of rotatable bonds is 5. The van der Waals surface area contributed by atoms with Gasteiger partial charge in [0.2, 0.25) is 0 Å². The van der Waals surface area contributed by atoms with E-state index in [2.05, 4.69) is 37.2 Å². The number of hydrogen-bond donors (Lipinski definition) is 1. The third-order valence-corrected chi connectivity index (χ3v) is 4.13. The van der Waals surface area contributed by atoms with Gasteiger partial charge in [-0.3, -0.25) is 4.79 Å². The SMILES string of the molecule is CC(CCCBr)NC(=O)c1ccc(Br)s1. The first kappa shape index (κ1) is 13.2. The predicted octanol–water partition coefficient (Wildman–Crippen LogP) is 3.80. The molecule has 1 heterocycles. The van der Waals surface area contributed by atoms with Gasteiger partial charge in [-0.05, 0) is 47.8 Å². The number of amides is 1. The minimum atomic E-state index is 0.0211. The standard InChI is InChI=1S/C10H13Br2NOS/c1-7(3-2-6-11)13-10(14)8-4-5-9(12)15-8/h4-5,7H,2-3,6H2,1H3,(H,13,14). The van der Waals surface area contributed by atoms with Crippen molar-refractivity contribution < 1.29 is 4.79 Å². The number of hydrogen-bond acceptors (Lipinski definition) is 2. The third kappa shape index (κ3) is 4.66. The van der Waals surface area contributed by atoms with Crippen molar-refractivity contribution >= 4 is 49.1 Å². The number of alkyl halides is 1. The van der Waals surface area contributed by atoms with E-state index in [4.69, 9.17) is 0 Å². The van der Waals surface area contributed by atoms with E-state index in [1.165, 1.54) is 11.3 Å². The van der Waals surface area contributed by atoms with Crippen LogP contribution < -0.4 is 5.32 Å². The van der Waals surface area contributed by atoms with E-state index in [1.54, 1.807) is 0 Å². The van der Waals surface area contributed by atoms with E-state index in [0.717, 1.165) is 26.8 Å². The van der Waals surface area contributed by atoms with E-state index in [9.17, 15) is 4.79 Å². The van der Waals surface area contributed by atoms with Crippen LogP contribution in [0.15, 0.2) is 15.9 Å². The fourth-order valence-electron chi connectivity index (χ4n) is 1.19. The van der Waals surface area contributed by atoms with Gasteiger partial charge in [-0.25, -0.2) is 0 Å². The van der Waals surface area contributed by atoms with Gasteiger partial charge < -0.3 is 5.32 Å². The summed E-state index contributed by atoms with van der Waals surface area (Å²) >= 11 is 8.17. The Morgan fingerprint density at radius 3 is 2.87 bits per heavy atom. The van der Waals surface area contributed by atoms with Gasteiger partial charge in [0.15, 0.2) is 0 Å². The van der Waals surface area contributed by atoms with Crippen molar-refractivity contribution in [3.8, 4) is 0 Å². The summed E-state index contributed by atoms with van der Waals surface area (Å²) in [7, 11) is 0. The molecule has 1 aromatic rings. The van der Waals surface area contributed by atoms with Crippen molar-refractivity contribution in [2.75, 3.05) is 5.33 Å². The van der Waals surface area contributed by atoms with Gasteiger partial charge in [-0.2, -0.15) is 0 Å². The molecule has 84 valence electrons. The molecule has 15 heavy (non-hydrogen) atoms. The van der Waals surface area contributed by atoms with Crippen LogP contribution >= 0.6 is 43.2 Å². The molecular formula is C10H13Br2NOS. The maximum absolute atomic E-state index is 11.7. The van der Waals surface area contributed by atoms with Gasteiger partial charge in [0, 0.05) is 11.4 Å². The highest BCUT2D eigenvalue weighted by molar-refractivity contribution is 9.11. The molecule has 1 rings (SSSR count). The summed E-state index contributed by atoms with van der Waals surface area (Å²) in [5, 5.41) is 3.96. The average molecular weight is 355 g/mol. The van der Waals surface area contributed by atoms with Crippen LogP contribution in [0.1, 0.15) is 29.4 Å². The molecule has 2 nitrogen and oxygen atoms in total. The van der Waals surface area contributed by atoms with E-state index < -0.39 is 0 Å². The molecule has 0 saturated carbocycles. The quantitative estimate of drug-likeness (QED) is 0.800. The lowest BCUT2D eigenvalue weighted by atomic mass is 10.2. The van der Waals surface area contributed by atoms with Crippen LogP contribution in [0.25, 0.3) is 0 Å². The Morgan fingerprint density at radius 1 is 1.60 bits per heavy atom. The summed E-state index contributed by atoms with van der Waals surface area (Å²) in [4.78, 5) is 12.5. The van der Waals surface area contributed by atoms with Crippen LogP contribution in [0.3, 0.4) is 0 Å². The van der Waals surface area contributed by atoms with Gasteiger partial charge in [0.25, 0.3) is 5.91 Å². The van der Waals surface area contributed by atoms with Crippen LogP contribution in [0.5, 0.6) is 0 Å². The second-order valence-electron chi connectivity index (χ2n) is 3.31. The second-order valence-corrected chi connectivity index (χ2v) is 6.57. The maximum Gasteiger partial charge on any atom is 0.261 e. The largest absolute Gasteiger partial charge is 0.349 e. The molecule has 0 bridgehead atoms. The van der Waals surface area contributed by atoms with Gasteiger partial charge in [-0.1, -0.05) is 15.9 Å². The predicted molar refractivity (Wildman–Crippen MR) is 72.0 cm³/mol. The van der Waals surface area contributed by atoms with E-state index >= 15 is 0 Å². The van der Waals surface area contributed by atoms with Crippen molar-refractivity contribution in [3.63, 3.8) is 0 Å². The van der Waals surface area contributed by atoms with Gasteiger partial charge in [0.1, 0.15) is 0 Å². The van der Waals surface area contributed by atoms with Crippen LogP contribution in [0, 0.1) is 0 Å². The number of thiophene rings is 1. The Kier molecular flexibility index (Phi) is 5.86. The van der Waals surface area contributed by atoms with E-state index in [-0.39, 0.29) is 11.9 Å². The Bertz CT molecular complexity index is 327. The normalized spacial score (nSPS) is 12.5. The second kappa shape index (κ2) is 6.66. The lowest BCUT2D eigenvalue weighted by molar-refractivity contribution is 0.0942. The van der Waals surface area contributed by atoms with Crippen LogP contribution in [0.2, 0.25) is 0 Å². The molecule has 0 spiro atoms. The summed E-state index contributed by atoms with van der Waals surface area (Å²) in [5.41, 5.74) is 0. The third-order valence-electron chi connectivity index (χ3n) is 1.95. The van der Waals surface area contributed by atoms with Crippen LogP contribution in [-0.4, -0.2) is 17.3 Å². The highest BCUT2D eigenvalue weighted by Gasteiger charge is 2.11. The summed E-state index contributed by atoms with van der Waals surface area (Å²) in [6.07, 6.45) is 2.08.